The number of aromatic nitrogens is 2. The summed E-state index contributed by atoms with van der Waals surface area (Å²) in [6.45, 7) is 1.16. The molecule has 0 aliphatic carbocycles. The Balaban J connectivity index is 1.68. The topological polar surface area (TPSA) is 92.3 Å². The first-order valence-electron chi connectivity index (χ1n) is 9.36. The summed E-state index contributed by atoms with van der Waals surface area (Å²) in [5.41, 5.74) is -0.585. The van der Waals surface area contributed by atoms with Gasteiger partial charge in [-0.3, -0.25) is 0 Å². The first kappa shape index (κ1) is 22.9. The molecule has 1 N–H and O–H groups in total. The highest BCUT2D eigenvalue weighted by atomic mass is 32.2. The van der Waals surface area contributed by atoms with Gasteiger partial charge in [-0.1, -0.05) is 0 Å². The highest BCUT2D eigenvalue weighted by Gasteiger charge is 2.48. The Morgan fingerprint density at radius 1 is 1.06 bits per heavy atom. The molecule has 2 amide bonds. The minimum Gasteiger partial charge on any atom is -0.325 e. The predicted molar refractivity (Wildman–Crippen MR) is 103 cm³/mol. The van der Waals surface area contributed by atoms with E-state index in [1.807, 2.05) is 0 Å². The summed E-state index contributed by atoms with van der Waals surface area (Å²) in [5.74, 6) is -0.925. The molecule has 2 aromatic rings. The Morgan fingerprint density at radius 3 is 2.19 bits per heavy atom. The zero-order valence-corrected chi connectivity index (χ0v) is 17.3. The van der Waals surface area contributed by atoms with Crippen molar-refractivity contribution in [1.29, 1.82) is 0 Å². The summed E-state index contributed by atoms with van der Waals surface area (Å²) < 4.78 is 79.3. The zero-order valence-electron chi connectivity index (χ0n) is 16.4. The van der Waals surface area contributed by atoms with E-state index in [0.717, 1.165) is 19.1 Å². The quantitative estimate of drug-likeness (QED) is 0.699. The fourth-order valence-corrected chi connectivity index (χ4v) is 5.07. The molecule has 1 atom stereocenters. The number of alkyl halides is 4. The van der Waals surface area contributed by atoms with Gasteiger partial charge in [0, 0.05) is 19.0 Å². The van der Waals surface area contributed by atoms with E-state index in [1.165, 1.54) is 17.3 Å². The Hall–Kier alpha value is -2.76. The maximum Gasteiger partial charge on any atom is 0.416 e. The number of urea groups is 1. The number of nitrogens with one attached hydrogen (secondary N) is 1. The predicted octanol–water partition coefficient (Wildman–Crippen LogP) is 3.90. The van der Waals surface area contributed by atoms with E-state index < -0.39 is 43.4 Å². The third-order valence-corrected chi connectivity index (χ3v) is 7.64. The molecule has 1 aliphatic rings. The molecular formula is C19H20F4N4O3S. The summed E-state index contributed by atoms with van der Waals surface area (Å²) >= 11 is 0. The molecule has 1 aliphatic heterocycles. The molecule has 0 saturated carbocycles. The van der Waals surface area contributed by atoms with Gasteiger partial charge in [-0.05, 0) is 50.1 Å². The maximum absolute atomic E-state index is 15.5. The zero-order chi connectivity index (χ0) is 22.9. The lowest BCUT2D eigenvalue weighted by Crippen LogP contribution is -2.48. The van der Waals surface area contributed by atoms with Gasteiger partial charge in [0.05, 0.1) is 28.5 Å². The van der Waals surface area contributed by atoms with Crippen LogP contribution in [-0.2, 0) is 16.0 Å². The summed E-state index contributed by atoms with van der Waals surface area (Å²) in [5, 5.41) is 7.15. The van der Waals surface area contributed by atoms with Crippen LogP contribution in [0.3, 0.4) is 0 Å². The van der Waals surface area contributed by atoms with E-state index in [2.05, 4.69) is 15.5 Å². The van der Waals surface area contributed by atoms with Gasteiger partial charge in [-0.15, -0.1) is 0 Å². The molecule has 1 unspecified atom stereocenters. The Kier molecular flexibility index (Phi) is 6.21. The summed E-state index contributed by atoms with van der Waals surface area (Å²) in [7, 11) is -4.55. The second-order valence-corrected chi connectivity index (χ2v) is 9.61. The monoisotopic (exact) mass is 460 g/mol. The molecule has 1 saturated heterocycles. The van der Waals surface area contributed by atoms with Crippen molar-refractivity contribution < 1.29 is 30.8 Å². The van der Waals surface area contributed by atoms with Crippen LogP contribution in [0.25, 0.3) is 0 Å². The van der Waals surface area contributed by atoms with Crippen molar-refractivity contribution in [3.8, 4) is 0 Å². The number of anilines is 1. The summed E-state index contributed by atoms with van der Waals surface area (Å²) in [6.07, 6.45) is -1.70. The van der Waals surface area contributed by atoms with Crippen molar-refractivity contribution >= 4 is 21.6 Å². The molecule has 168 valence electrons. The largest absolute Gasteiger partial charge is 0.416 e. The van der Waals surface area contributed by atoms with Crippen molar-refractivity contribution in [2.24, 2.45) is 5.92 Å². The van der Waals surface area contributed by atoms with Crippen molar-refractivity contribution in [2.75, 3.05) is 18.4 Å². The van der Waals surface area contributed by atoms with E-state index >= 15 is 4.39 Å². The average molecular weight is 460 g/mol. The van der Waals surface area contributed by atoms with Crippen LogP contribution in [0.4, 0.5) is 28.0 Å². The van der Waals surface area contributed by atoms with Crippen LogP contribution in [0.15, 0.2) is 47.6 Å². The van der Waals surface area contributed by atoms with Gasteiger partial charge in [0.2, 0.25) is 14.8 Å². The van der Waals surface area contributed by atoms with Crippen molar-refractivity contribution in [1.82, 2.24) is 15.1 Å². The standard InChI is InChI=1S/C19H20F4N4O3S/c1-18(20,31(29,30)16-4-2-14(3-5-16)19(21,22)23)13-7-10-27(11-8-13)17(28)26-15-6-9-24-25-12-15/h2-6,9,12-13H,7-8,10-11H2,1H3,(H,24,26,28). The minimum atomic E-state index is -4.62. The first-order chi connectivity index (χ1) is 14.4. The van der Waals surface area contributed by atoms with Gasteiger partial charge in [0.1, 0.15) is 0 Å². The van der Waals surface area contributed by atoms with Crippen LogP contribution in [0.1, 0.15) is 25.3 Å². The minimum absolute atomic E-state index is 0.0783. The summed E-state index contributed by atoms with van der Waals surface area (Å²) in [6, 6.07) is 3.88. The number of rotatable bonds is 4. The lowest BCUT2D eigenvalue weighted by molar-refractivity contribution is -0.137. The molecule has 0 spiro atoms. The number of hydrogen-bond donors (Lipinski definition) is 1. The van der Waals surface area contributed by atoms with Crippen LogP contribution in [0.5, 0.6) is 0 Å². The number of halogens is 4. The summed E-state index contributed by atoms with van der Waals surface area (Å²) in [4.78, 5) is 13.2. The molecule has 2 heterocycles. The van der Waals surface area contributed by atoms with Crippen LogP contribution < -0.4 is 5.32 Å². The van der Waals surface area contributed by atoms with E-state index in [4.69, 9.17) is 0 Å². The smallest absolute Gasteiger partial charge is 0.325 e. The Morgan fingerprint density at radius 2 is 1.68 bits per heavy atom. The van der Waals surface area contributed by atoms with Gasteiger partial charge in [-0.25, -0.2) is 17.6 Å². The third kappa shape index (κ3) is 4.78. The number of carbonyl (C=O) groups is 1. The molecule has 1 aromatic heterocycles. The van der Waals surface area contributed by atoms with Crippen LogP contribution in [0, 0.1) is 5.92 Å². The fraction of sp³-hybridized carbons (Fsp3) is 0.421. The highest BCUT2D eigenvalue weighted by molar-refractivity contribution is 7.92. The highest BCUT2D eigenvalue weighted by Crippen LogP contribution is 2.40. The molecule has 0 bridgehead atoms. The molecule has 1 aromatic carbocycles. The van der Waals surface area contributed by atoms with Crippen LogP contribution in [0.2, 0.25) is 0 Å². The Labute approximate surface area is 176 Å². The number of hydrogen-bond acceptors (Lipinski definition) is 5. The normalized spacial score (nSPS) is 17.8. The molecule has 7 nitrogen and oxygen atoms in total. The Bertz CT molecular complexity index is 1020. The van der Waals surface area contributed by atoms with Gasteiger partial charge in [-0.2, -0.15) is 23.4 Å². The van der Waals surface area contributed by atoms with Crippen LogP contribution in [-0.4, -0.2) is 47.6 Å². The molecule has 1 fully saturated rings. The van der Waals surface area contributed by atoms with E-state index in [9.17, 15) is 26.4 Å². The van der Waals surface area contributed by atoms with E-state index in [1.54, 1.807) is 6.07 Å². The second kappa shape index (κ2) is 8.40. The second-order valence-electron chi connectivity index (χ2n) is 7.33. The lowest BCUT2D eigenvalue weighted by Gasteiger charge is -2.37. The fourth-order valence-electron chi connectivity index (χ4n) is 3.44. The first-order valence-corrected chi connectivity index (χ1v) is 10.8. The van der Waals surface area contributed by atoms with Crippen LogP contribution >= 0.6 is 0 Å². The molecule has 3 rings (SSSR count). The molecule has 12 heteroatoms. The third-order valence-electron chi connectivity index (χ3n) is 5.36. The maximum atomic E-state index is 15.5. The number of likely N-dealkylation sites (tertiary alicyclic amines) is 1. The number of amides is 2. The van der Waals surface area contributed by atoms with Crippen molar-refractivity contribution in [2.45, 2.75) is 35.8 Å². The van der Waals surface area contributed by atoms with Gasteiger partial charge >= 0.3 is 12.2 Å². The van der Waals surface area contributed by atoms with Gasteiger partial charge in [0.15, 0.2) is 0 Å². The van der Waals surface area contributed by atoms with Gasteiger partial charge in [0.25, 0.3) is 0 Å². The van der Waals surface area contributed by atoms with Crippen molar-refractivity contribution in [3.63, 3.8) is 0 Å². The number of benzene rings is 1. The number of carbonyl (C=O) groups excluding carboxylic acids is 1. The number of sulfone groups is 1. The average Bonchev–Trinajstić information content (AvgIpc) is 2.74. The number of nitrogens with zero attached hydrogens (tertiary/aromatic N) is 3. The van der Waals surface area contributed by atoms with Crippen molar-refractivity contribution in [3.05, 3.63) is 48.3 Å². The number of piperidine rings is 1. The molecule has 0 radical (unpaired) electrons. The van der Waals surface area contributed by atoms with E-state index in [-0.39, 0.29) is 25.9 Å². The SMILES string of the molecule is CC(F)(C1CCN(C(=O)Nc2ccnnc2)CC1)S(=O)(=O)c1ccc(C(F)(F)F)cc1. The lowest BCUT2D eigenvalue weighted by atomic mass is 9.92. The van der Waals surface area contributed by atoms with Gasteiger partial charge < -0.3 is 10.2 Å². The molecule has 31 heavy (non-hydrogen) atoms. The molecular weight excluding hydrogens is 440 g/mol. The van der Waals surface area contributed by atoms with E-state index in [0.29, 0.717) is 17.8 Å².